The molecule has 0 aliphatic carbocycles. The third kappa shape index (κ3) is 9.25. The molecule has 0 unspecified atom stereocenters. The van der Waals surface area contributed by atoms with E-state index >= 15 is 0 Å². The summed E-state index contributed by atoms with van der Waals surface area (Å²) in [4.78, 5) is 0. The summed E-state index contributed by atoms with van der Waals surface area (Å²) in [6.07, 6.45) is 0. The molecule has 0 saturated carbocycles. The van der Waals surface area contributed by atoms with Crippen LogP contribution >= 0.6 is 29.5 Å². The van der Waals surface area contributed by atoms with Crippen molar-refractivity contribution in [2.45, 2.75) is 26.3 Å². The molecule has 0 N–H and O–H groups in total. The number of hydrogen-bond acceptors (Lipinski definition) is 1. The molecule has 0 fully saturated rings. The predicted molar refractivity (Wildman–Crippen MR) is 39.7 cm³/mol. The van der Waals surface area contributed by atoms with E-state index in [1.165, 1.54) is 0 Å². The first-order valence-electron chi connectivity index (χ1n) is 2.43. The van der Waals surface area contributed by atoms with E-state index in [-0.39, 0.29) is 5.54 Å². The van der Waals surface area contributed by atoms with E-state index in [0.29, 0.717) is 0 Å². The Hall–Kier alpha value is 1.25. The molecule has 0 aromatic heterocycles. The van der Waals surface area contributed by atoms with Crippen LogP contribution in [0.1, 0.15) is 20.8 Å². The van der Waals surface area contributed by atoms with Crippen molar-refractivity contribution < 1.29 is 11.0 Å². The van der Waals surface area contributed by atoms with Gasteiger partial charge in [0.2, 0.25) is 0 Å². The van der Waals surface area contributed by atoms with Crippen LogP contribution in [0.25, 0.3) is 0 Å². The first-order chi connectivity index (χ1) is 3.71. The van der Waals surface area contributed by atoms with Crippen molar-refractivity contribution in [3.8, 4) is 0 Å². The molecule has 0 aliphatic rings. The molecule has 56 valence electrons. The van der Waals surface area contributed by atoms with E-state index in [2.05, 4.69) is 3.79 Å². The van der Waals surface area contributed by atoms with Crippen LogP contribution in [-0.2, 0) is 11.0 Å². The zero-order valence-corrected chi connectivity index (χ0v) is 9.19. The summed E-state index contributed by atoms with van der Waals surface area (Å²) >= 11 is 0. The average Bonchev–Trinajstić information content (AvgIpc) is 1.14. The molecule has 0 bridgehead atoms. The standard InChI is InChI=1S/C4H9N.3ClH.V/c1-4(2,3)5;;;;/h1-3H3;3*1H;/q;;;;+3/p-3. The van der Waals surface area contributed by atoms with Crippen LogP contribution in [0.5, 0.6) is 0 Å². The van der Waals surface area contributed by atoms with E-state index in [0.717, 1.165) is 0 Å². The number of nitrogens with zero attached hydrogens (tertiary/aromatic N) is 1. The van der Waals surface area contributed by atoms with E-state index < -0.39 is 11.0 Å². The van der Waals surface area contributed by atoms with Gasteiger partial charge in [0.1, 0.15) is 0 Å². The van der Waals surface area contributed by atoms with Gasteiger partial charge in [-0.25, -0.2) is 0 Å². The normalized spacial score (nSPS) is 13.6. The Balaban J connectivity index is 4.32. The van der Waals surface area contributed by atoms with Crippen molar-refractivity contribution in [2.75, 3.05) is 0 Å². The van der Waals surface area contributed by atoms with Gasteiger partial charge in [-0.15, -0.1) is 0 Å². The minimum atomic E-state index is -3.05. The molecule has 0 spiro atoms. The molecule has 0 atom stereocenters. The van der Waals surface area contributed by atoms with Gasteiger partial charge in [0.15, 0.2) is 0 Å². The molecule has 0 aromatic carbocycles. The summed E-state index contributed by atoms with van der Waals surface area (Å²) in [6.45, 7) is 5.74. The summed E-state index contributed by atoms with van der Waals surface area (Å²) in [6, 6.07) is 0. The summed E-state index contributed by atoms with van der Waals surface area (Å²) in [5.74, 6) is 0. The van der Waals surface area contributed by atoms with Crippen LogP contribution in [-0.4, -0.2) is 5.54 Å². The Labute approximate surface area is 70.4 Å². The SMILES string of the molecule is CC(C)(C)[N]=[V]([Cl])([Cl])[Cl]. The number of hydrogen-bond donors (Lipinski definition) is 0. The Bertz CT molecular complexity index is 134. The van der Waals surface area contributed by atoms with Crippen molar-refractivity contribution in [2.24, 2.45) is 3.79 Å². The van der Waals surface area contributed by atoms with E-state index in [4.69, 9.17) is 29.5 Å². The zero-order chi connectivity index (χ0) is 7.71. The maximum absolute atomic E-state index is 5.55. The van der Waals surface area contributed by atoms with Crippen LogP contribution < -0.4 is 0 Å². The van der Waals surface area contributed by atoms with Gasteiger partial charge in [0.25, 0.3) is 0 Å². The number of halogens is 3. The van der Waals surface area contributed by atoms with Gasteiger partial charge in [-0.05, 0) is 0 Å². The van der Waals surface area contributed by atoms with Crippen LogP contribution in [0, 0.1) is 0 Å². The fraction of sp³-hybridized carbons (Fsp3) is 1.00. The van der Waals surface area contributed by atoms with Gasteiger partial charge in [0.05, 0.1) is 0 Å². The maximum atomic E-state index is 5.55. The molecule has 0 heterocycles. The second-order valence-electron chi connectivity index (χ2n) is 2.69. The average molecular weight is 228 g/mol. The quantitative estimate of drug-likeness (QED) is 0.601. The Morgan fingerprint density at radius 1 is 1.11 bits per heavy atom. The van der Waals surface area contributed by atoms with Crippen molar-refractivity contribution in [3.05, 3.63) is 0 Å². The zero-order valence-electron chi connectivity index (χ0n) is 5.53. The second kappa shape index (κ2) is 3.10. The Kier molecular flexibility index (Phi) is 3.54. The molecule has 0 radical (unpaired) electrons. The molecule has 0 aliphatic heterocycles. The first-order valence-corrected chi connectivity index (χ1v) is 8.82. The predicted octanol–water partition coefficient (Wildman–Crippen LogP) is 3.58. The molecule has 5 heteroatoms. The van der Waals surface area contributed by atoms with Gasteiger partial charge in [-0.1, -0.05) is 0 Å². The molecule has 0 saturated heterocycles. The molecule has 9 heavy (non-hydrogen) atoms. The van der Waals surface area contributed by atoms with Crippen LogP contribution in [0.3, 0.4) is 0 Å². The van der Waals surface area contributed by atoms with Crippen molar-refractivity contribution >= 4 is 29.5 Å². The fourth-order valence-electron chi connectivity index (χ4n) is 0.340. The fourth-order valence-corrected chi connectivity index (χ4v) is 4.21. The third-order valence-corrected chi connectivity index (χ3v) is 2.64. The Morgan fingerprint density at radius 2 is 1.44 bits per heavy atom. The van der Waals surface area contributed by atoms with E-state index in [9.17, 15) is 0 Å². The molecular formula is C4H9Cl3NV. The van der Waals surface area contributed by atoms with Crippen LogP contribution in [0.2, 0.25) is 0 Å². The summed E-state index contributed by atoms with van der Waals surface area (Å²) in [7, 11) is 13.6. The minimum absolute atomic E-state index is 0.210. The molecule has 0 rings (SSSR count). The van der Waals surface area contributed by atoms with Gasteiger partial charge < -0.3 is 0 Å². The number of rotatable bonds is 0. The van der Waals surface area contributed by atoms with Gasteiger partial charge in [-0.3, -0.25) is 0 Å². The second-order valence-corrected chi connectivity index (χ2v) is 12.5. The third-order valence-electron chi connectivity index (χ3n) is 0.413. The van der Waals surface area contributed by atoms with E-state index in [1.807, 2.05) is 20.8 Å². The molecule has 0 amide bonds. The van der Waals surface area contributed by atoms with Crippen LogP contribution in [0.15, 0.2) is 3.79 Å². The summed E-state index contributed by atoms with van der Waals surface area (Å²) < 4.78 is 4.01. The van der Waals surface area contributed by atoms with Crippen LogP contribution in [0.4, 0.5) is 0 Å². The van der Waals surface area contributed by atoms with Gasteiger partial charge >= 0.3 is 70.6 Å². The van der Waals surface area contributed by atoms with Crippen molar-refractivity contribution in [1.29, 1.82) is 0 Å². The van der Waals surface area contributed by atoms with Crippen molar-refractivity contribution in [3.63, 3.8) is 0 Å². The molecule has 1 nitrogen and oxygen atoms in total. The molecule has 0 aromatic rings. The van der Waals surface area contributed by atoms with Crippen molar-refractivity contribution in [1.82, 2.24) is 0 Å². The summed E-state index contributed by atoms with van der Waals surface area (Å²) in [5, 5.41) is 0. The first kappa shape index (κ1) is 10.3. The van der Waals surface area contributed by atoms with E-state index in [1.54, 1.807) is 0 Å². The monoisotopic (exact) mass is 227 g/mol. The van der Waals surface area contributed by atoms with Gasteiger partial charge in [0, 0.05) is 0 Å². The molecular weight excluding hydrogens is 219 g/mol. The topological polar surface area (TPSA) is 12.4 Å². The van der Waals surface area contributed by atoms with Gasteiger partial charge in [-0.2, -0.15) is 0 Å². The Morgan fingerprint density at radius 3 is 1.44 bits per heavy atom. The summed E-state index contributed by atoms with van der Waals surface area (Å²) in [5.41, 5.74) is -0.210.